The highest BCUT2D eigenvalue weighted by atomic mass is 16.1. The minimum absolute atomic E-state index is 0.154. The first-order valence-electron chi connectivity index (χ1n) is 6.24. The van der Waals surface area contributed by atoms with E-state index in [9.17, 15) is 4.79 Å². The Hall–Kier alpha value is -2.14. The molecule has 3 N–H and O–H groups in total. The Bertz CT molecular complexity index is 574. The lowest BCUT2D eigenvalue weighted by Crippen LogP contribution is -2.12. The molecule has 0 fully saturated rings. The number of carbonyl (C=O) groups is 1. The number of nitrogens with zero attached hydrogens (tertiary/aromatic N) is 2. The lowest BCUT2D eigenvalue weighted by molar-refractivity contribution is 0.102. The van der Waals surface area contributed by atoms with Crippen LogP contribution in [0, 0.1) is 0 Å². The highest BCUT2D eigenvalue weighted by Gasteiger charge is 2.08. The van der Waals surface area contributed by atoms with Crippen molar-refractivity contribution in [2.45, 2.75) is 26.4 Å². The maximum Gasteiger partial charge on any atom is 0.255 e. The minimum atomic E-state index is -0.154. The zero-order valence-corrected chi connectivity index (χ0v) is 11.1. The monoisotopic (exact) mass is 258 g/mol. The van der Waals surface area contributed by atoms with E-state index in [1.54, 1.807) is 23.0 Å². The third-order valence-corrected chi connectivity index (χ3v) is 2.81. The van der Waals surface area contributed by atoms with E-state index in [1.165, 1.54) is 0 Å². The molecule has 0 aliphatic rings. The Morgan fingerprint density at radius 3 is 2.89 bits per heavy atom. The van der Waals surface area contributed by atoms with Crippen LogP contribution in [-0.4, -0.2) is 15.7 Å². The van der Waals surface area contributed by atoms with Gasteiger partial charge in [-0.05, 0) is 31.5 Å². The summed E-state index contributed by atoms with van der Waals surface area (Å²) < 4.78 is 1.80. The Labute approximate surface area is 112 Å². The van der Waals surface area contributed by atoms with Gasteiger partial charge in [-0.2, -0.15) is 5.10 Å². The highest BCUT2D eigenvalue weighted by molar-refractivity contribution is 6.04. The van der Waals surface area contributed by atoms with Gasteiger partial charge in [0.2, 0.25) is 0 Å². The van der Waals surface area contributed by atoms with E-state index < -0.39 is 0 Å². The maximum absolute atomic E-state index is 12.1. The van der Waals surface area contributed by atoms with E-state index in [0.29, 0.717) is 17.8 Å². The van der Waals surface area contributed by atoms with E-state index in [1.807, 2.05) is 32.2 Å². The van der Waals surface area contributed by atoms with Crippen LogP contribution in [0.15, 0.2) is 36.7 Å². The molecule has 0 atom stereocenters. The predicted molar refractivity (Wildman–Crippen MR) is 74.9 cm³/mol. The van der Waals surface area contributed by atoms with Crippen molar-refractivity contribution < 1.29 is 4.79 Å². The first-order valence-corrected chi connectivity index (χ1v) is 6.24. The van der Waals surface area contributed by atoms with Crippen molar-refractivity contribution in [1.29, 1.82) is 0 Å². The molecular weight excluding hydrogens is 240 g/mol. The molecule has 0 unspecified atom stereocenters. The van der Waals surface area contributed by atoms with E-state index in [0.717, 1.165) is 5.56 Å². The van der Waals surface area contributed by atoms with Crippen molar-refractivity contribution in [2.24, 2.45) is 5.73 Å². The van der Waals surface area contributed by atoms with Crippen molar-refractivity contribution in [2.75, 3.05) is 5.32 Å². The van der Waals surface area contributed by atoms with Gasteiger partial charge in [0.15, 0.2) is 0 Å². The molecule has 0 aliphatic heterocycles. The maximum atomic E-state index is 12.1. The largest absolute Gasteiger partial charge is 0.326 e. The molecular formula is C14H18N4O. The number of carbonyl (C=O) groups excluding carboxylic acids is 1. The number of hydrogen-bond acceptors (Lipinski definition) is 3. The molecule has 0 saturated heterocycles. The zero-order chi connectivity index (χ0) is 13.8. The lowest BCUT2D eigenvalue weighted by atomic mass is 10.1. The minimum Gasteiger partial charge on any atom is -0.326 e. The van der Waals surface area contributed by atoms with E-state index in [-0.39, 0.29) is 11.9 Å². The van der Waals surface area contributed by atoms with Crippen LogP contribution in [0.5, 0.6) is 0 Å². The number of anilines is 1. The summed E-state index contributed by atoms with van der Waals surface area (Å²) in [6, 6.07) is 7.55. The Balaban J connectivity index is 2.11. The molecule has 0 spiro atoms. The van der Waals surface area contributed by atoms with Gasteiger partial charge in [-0.25, -0.2) is 0 Å². The number of hydrogen-bond donors (Lipinski definition) is 2. The Kier molecular flexibility index (Phi) is 3.97. The van der Waals surface area contributed by atoms with Crippen LogP contribution in [0.1, 0.15) is 35.8 Å². The third-order valence-electron chi connectivity index (χ3n) is 2.81. The number of nitrogens with two attached hydrogens (primary N) is 1. The van der Waals surface area contributed by atoms with Gasteiger partial charge in [-0.3, -0.25) is 9.48 Å². The number of amides is 1. The summed E-state index contributed by atoms with van der Waals surface area (Å²) in [6.45, 7) is 4.49. The fourth-order valence-corrected chi connectivity index (χ4v) is 1.73. The highest BCUT2D eigenvalue weighted by Crippen LogP contribution is 2.12. The number of aromatic nitrogens is 2. The van der Waals surface area contributed by atoms with Crippen molar-refractivity contribution in [3.05, 3.63) is 47.8 Å². The Morgan fingerprint density at radius 2 is 2.26 bits per heavy atom. The molecule has 100 valence electrons. The van der Waals surface area contributed by atoms with Crippen LogP contribution >= 0.6 is 0 Å². The molecule has 1 aromatic heterocycles. The molecule has 5 heteroatoms. The average Bonchev–Trinajstić information content (AvgIpc) is 2.87. The van der Waals surface area contributed by atoms with Crippen molar-refractivity contribution >= 4 is 11.6 Å². The summed E-state index contributed by atoms with van der Waals surface area (Å²) in [6.07, 6.45) is 3.46. The van der Waals surface area contributed by atoms with Crippen molar-refractivity contribution in [3.63, 3.8) is 0 Å². The van der Waals surface area contributed by atoms with E-state index in [2.05, 4.69) is 10.4 Å². The second-order valence-electron chi connectivity index (χ2n) is 4.66. The standard InChI is InChI=1S/C14H18N4O/c1-10(2)18-9-13(8-16-18)17-14(19)12-5-3-4-11(6-12)7-15/h3-6,8-10H,7,15H2,1-2H3,(H,17,19). The van der Waals surface area contributed by atoms with E-state index >= 15 is 0 Å². The van der Waals surface area contributed by atoms with Gasteiger partial charge in [-0.1, -0.05) is 12.1 Å². The third kappa shape index (κ3) is 3.20. The fraction of sp³-hybridized carbons (Fsp3) is 0.286. The van der Waals surface area contributed by atoms with Gasteiger partial charge < -0.3 is 11.1 Å². The molecule has 1 aromatic carbocycles. The fourth-order valence-electron chi connectivity index (χ4n) is 1.73. The molecule has 1 heterocycles. The van der Waals surface area contributed by atoms with Gasteiger partial charge in [0, 0.05) is 24.3 Å². The number of benzene rings is 1. The van der Waals surface area contributed by atoms with E-state index in [4.69, 9.17) is 5.73 Å². The second kappa shape index (κ2) is 5.67. The SMILES string of the molecule is CC(C)n1cc(NC(=O)c2cccc(CN)c2)cn1. The smallest absolute Gasteiger partial charge is 0.255 e. The van der Waals surface area contributed by atoms with Gasteiger partial charge in [0.1, 0.15) is 0 Å². The van der Waals surface area contributed by atoms with Crippen LogP contribution < -0.4 is 11.1 Å². The summed E-state index contributed by atoms with van der Waals surface area (Å²) in [5.41, 5.74) is 7.79. The zero-order valence-electron chi connectivity index (χ0n) is 11.1. The van der Waals surface area contributed by atoms with Gasteiger partial charge in [0.05, 0.1) is 11.9 Å². The molecule has 0 aliphatic carbocycles. The molecule has 0 bridgehead atoms. The lowest BCUT2D eigenvalue weighted by Gasteiger charge is -2.05. The van der Waals surface area contributed by atoms with Crippen LogP contribution in [-0.2, 0) is 6.54 Å². The van der Waals surface area contributed by atoms with Gasteiger partial charge >= 0.3 is 0 Å². The summed E-state index contributed by atoms with van der Waals surface area (Å²) in [4.78, 5) is 12.1. The van der Waals surface area contributed by atoms with Crippen molar-refractivity contribution in [1.82, 2.24) is 9.78 Å². The average molecular weight is 258 g/mol. The predicted octanol–water partition coefficient (Wildman–Crippen LogP) is 2.17. The number of rotatable bonds is 4. The summed E-state index contributed by atoms with van der Waals surface area (Å²) >= 11 is 0. The van der Waals surface area contributed by atoms with Crippen LogP contribution in [0.3, 0.4) is 0 Å². The summed E-state index contributed by atoms with van der Waals surface area (Å²) in [7, 11) is 0. The molecule has 0 saturated carbocycles. The normalized spacial score (nSPS) is 10.7. The quantitative estimate of drug-likeness (QED) is 0.882. The molecule has 5 nitrogen and oxygen atoms in total. The van der Waals surface area contributed by atoms with Gasteiger partial charge in [-0.15, -0.1) is 0 Å². The molecule has 2 aromatic rings. The first-order chi connectivity index (χ1) is 9.10. The second-order valence-corrected chi connectivity index (χ2v) is 4.66. The van der Waals surface area contributed by atoms with Crippen LogP contribution in [0.25, 0.3) is 0 Å². The molecule has 1 amide bonds. The summed E-state index contributed by atoms with van der Waals surface area (Å²) in [5.74, 6) is -0.154. The molecule has 2 rings (SSSR count). The topological polar surface area (TPSA) is 72.9 Å². The van der Waals surface area contributed by atoms with Gasteiger partial charge in [0.25, 0.3) is 5.91 Å². The van der Waals surface area contributed by atoms with Crippen LogP contribution in [0.4, 0.5) is 5.69 Å². The summed E-state index contributed by atoms with van der Waals surface area (Å²) in [5, 5.41) is 7.00. The Morgan fingerprint density at radius 1 is 1.47 bits per heavy atom. The van der Waals surface area contributed by atoms with Crippen LogP contribution in [0.2, 0.25) is 0 Å². The molecule has 0 radical (unpaired) electrons. The molecule has 19 heavy (non-hydrogen) atoms. The number of nitrogens with one attached hydrogen (secondary N) is 1. The first kappa shape index (κ1) is 13.3. The van der Waals surface area contributed by atoms with Crippen molar-refractivity contribution in [3.8, 4) is 0 Å².